The van der Waals surface area contributed by atoms with Crippen molar-refractivity contribution in [2.75, 3.05) is 13.7 Å². The van der Waals surface area contributed by atoms with Gasteiger partial charge in [-0.05, 0) is 36.8 Å². The third-order valence-electron chi connectivity index (χ3n) is 3.57. The van der Waals surface area contributed by atoms with Crippen LogP contribution in [0.15, 0.2) is 30.3 Å². The number of nitrogens with one attached hydrogen (secondary N) is 3. The van der Waals surface area contributed by atoms with Gasteiger partial charge < -0.3 is 14.8 Å². The summed E-state index contributed by atoms with van der Waals surface area (Å²) in [6, 6.07) is 8.16. The molecule has 150 valence electrons. The number of hydrogen-bond donors (Lipinski definition) is 3. The van der Waals surface area contributed by atoms with Crippen LogP contribution in [0.1, 0.15) is 45.2 Å². The first-order valence-corrected chi connectivity index (χ1v) is 9.51. The first-order chi connectivity index (χ1) is 13.4. The molecule has 2 rings (SSSR count). The number of benzene rings is 1. The number of hydrogen-bond acceptors (Lipinski definition) is 6. The summed E-state index contributed by atoms with van der Waals surface area (Å²) in [7, 11) is 1.49. The summed E-state index contributed by atoms with van der Waals surface area (Å²) < 4.78 is 10.8. The standard InChI is InChI=1S/C19H23N3O5S/c1-4-9-27-15-7-5-13(10-16(15)26-3)18(24)21-22-19(25)17-8-6-14(28-17)11-20-12(2)23/h5-8,10H,4,9,11H2,1-3H3,(H,20,23)(H,21,24)(H,22,25). The zero-order chi connectivity index (χ0) is 20.5. The summed E-state index contributed by atoms with van der Waals surface area (Å²) >= 11 is 1.23. The Labute approximate surface area is 167 Å². The molecule has 28 heavy (non-hydrogen) atoms. The van der Waals surface area contributed by atoms with Crippen molar-refractivity contribution in [2.24, 2.45) is 0 Å². The van der Waals surface area contributed by atoms with Crippen molar-refractivity contribution in [3.05, 3.63) is 45.6 Å². The topological polar surface area (TPSA) is 106 Å². The average molecular weight is 405 g/mol. The van der Waals surface area contributed by atoms with Gasteiger partial charge in [0.05, 0.1) is 25.1 Å². The summed E-state index contributed by atoms with van der Waals surface area (Å²) in [4.78, 5) is 36.7. The van der Waals surface area contributed by atoms with Gasteiger partial charge in [-0.3, -0.25) is 25.2 Å². The number of carbonyl (C=O) groups excluding carboxylic acids is 3. The zero-order valence-corrected chi connectivity index (χ0v) is 16.8. The third-order valence-corrected chi connectivity index (χ3v) is 4.66. The number of carbonyl (C=O) groups is 3. The normalized spacial score (nSPS) is 10.1. The van der Waals surface area contributed by atoms with Gasteiger partial charge >= 0.3 is 0 Å². The largest absolute Gasteiger partial charge is 0.493 e. The molecule has 0 saturated carbocycles. The summed E-state index contributed by atoms with van der Waals surface area (Å²) in [6.45, 7) is 4.32. The molecule has 3 N–H and O–H groups in total. The van der Waals surface area contributed by atoms with Gasteiger partial charge in [-0.25, -0.2) is 0 Å². The first-order valence-electron chi connectivity index (χ1n) is 8.69. The third kappa shape index (κ3) is 5.98. The van der Waals surface area contributed by atoms with E-state index in [1.165, 1.54) is 25.4 Å². The van der Waals surface area contributed by atoms with Crippen LogP contribution in [-0.4, -0.2) is 31.4 Å². The molecule has 0 fully saturated rings. The molecule has 0 atom stereocenters. The number of amides is 3. The fraction of sp³-hybridized carbons (Fsp3) is 0.316. The highest BCUT2D eigenvalue weighted by Crippen LogP contribution is 2.28. The number of rotatable bonds is 8. The summed E-state index contributed by atoms with van der Waals surface area (Å²) in [5.41, 5.74) is 5.07. The van der Waals surface area contributed by atoms with E-state index in [9.17, 15) is 14.4 Å². The van der Waals surface area contributed by atoms with E-state index in [0.717, 1.165) is 11.3 Å². The monoisotopic (exact) mass is 405 g/mol. The maximum Gasteiger partial charge on any atom is 0.279 e. The molecule has 1 heterocycles. The second-order valence-electron chi connectivity index (χ2n) is 5.80. The fourth-order valence-corrected chi connectivity index (χ4v) is 3.04. The molecule has 2 aromatic rings. The molecule has 0 saturated heterocycles. The van der Waals surface area contributed by atoms with Crippen LogP contribution in [0.5, 0.6) is 11.5 Å². The minimum absolute atomic E-state index is 0.145. The van der Waals surface area contributed by atoms with Gasteiger partial charge in [0.15, 0.2) is 11.5 Å². The van der Waals surface area contributed by atoms with Crippen LogP contribution in [0.3, 0.4) is 0 Å². The van der Waals surface area contributed by atoms with Crippen LogP contribution >= 0.6 is 11.3 Å². The van der Waals surface area contributed by atoms with Crippen molar-refractivity contribution in [2.45, 2.75) is 26.8 Å². The number of hydrazine groups is 1. The van der Waals surface area contributed by atoms with Crippen molar-refractivity contribution in [3.63, 3.8) is 0 Å². The molecule has 0 spiro atoms. The molecule has 9 heteroatoms. The Kier molecular flexibility index (Phi) is 7.82. The van der Waals surface area contributed by atoms with E-state index >= 15 is 0 Å². The summed E-state index contributed by atoms with van der Waals surface area (Å²) in [5.74, 6) is -0.0808. The minimum Gasteiger partial charge on any atom is -0.493 e. The summed E-state index contributed by atoms with van der Waals surface area (Å²) in [6.07, 6.45) is 0.854. The Morgan fingerprint density at radius 2 is 1.79 bits per heavy atom. The van der Waals surface area contributed by atoms with E-state index in [2.05, 4.69) is 16.2 Å². The fourth-order valence-electron chi connectivity index (χ4n) is 2.19. The van der Waals surface area contributed by atoms with E-state index in [1.54, 1.807) is 30.3 Å². The Morgan fingerprint density at radius 1 is 1.04 bits per heavy atom. The van der Waals surface area contributed by atoms with Crippen molar-refractivity contribution >= 4 is 29.1 Å². The predicted molar refractivity (Wildman–Crippen MR) is 106 cm³/mol. The molecule has 0 aliphatic carbocycles. The van der Waals surface area contributed by atoms with Crippen molar-refractivity contribution in [1.82, 2.24) is 16.2 Å². The highest BCUT2D eigenvalue weighted by molar-refractivity contribution is 7.14. The lowest BCUT2D eigenvalue weighted by atomic mass is 10.2. The molecule has 0 radical (unpaired) electrons. The van der Waals surface area contributed by atoms with E-state index in [1.807, 2.05) is 6.92 Å². The van der Waals surface area contributed by atoms with E-state index in [4.69, 9.17) is 9.47 Å². The van der Waals surface area contributed by atoms with Crippen LogP contribution in [0.4, 0.5) is 0 Å². The highest BCUT2D eigenvalue weighted by Gasteiger charge is 2.14. The Morgan fingerprint density at radius 3 is 2.46 bits per heavy atom. The SMILES string of the molecule is CCCOc1ccc(C(=O)NNC(=O)c2ccc(CNC(C)=O)s2)cc1OC. The average Bonchev–Trinajstić information content (AvgIpc) is 3.17. The minimum atomic E-state index is -0.483. The Balaban J connectivity index is 1.94. The second kappa shape index (κ2) is 10.3. The highest BCUT2D eigenvalue weighted by atomic mass is 32.1. The van der Waals surface area contributed by atoms with Crippen LogP contribution in [0.2, 0.25) is 0 Å². The van der Waals surface area contributed by atoms with Crippen molar-refractivity contribution in [1.29, 1.82) is 0 Å². The van der Waals surface area contributed by atoms with Crippen molar-refractivity contribution in [3.8, 4) is 11.5 Å². The molecule has 1 aromatic carbocycles. The smallest absolute Gasteiger partial charge is 0.279 e. The molecule has 8 nitrogen and oxygen atoms in total. The van der Waals surface area contributed by atoms with Crippen LogP contribution in [0.25, 0.3) is 0 Å². The van der Waals surface area contributed by atoms with E-state index in [-0.39, 0.29) is 5.91 Å². The maximum absolute atomic E-state index is 12.3. The van der Waals surface area contributed by atoms with Gasteiger partial charge in [-0.1, -0.05) is 6.92 Å². The summed E-state index contributed by atoms with van der Waals surface area (Å²) in [5, 5.41) is 2.66. The van der Waals surface area contributed by atoms with E-state index in [0.29, 0.717) is 35.1 Å². The first kappa shape index (κ1) is 21.2. The number of thiophene rings is 1. The van der Waals surface area contributed by atoms with Gasteiger partial charge in [0, 0.05) is 17.4 Å². The lowest BCUT2D eigenvalue weighted by Gasteiger charge is -2.12. The second-order valence-corrected chi connectivity index (χ2v) is 6.97. The molecule has 3 amide bonds. The van der Waals surface area contributed by atoms with Gasteiger partial charge in [-0.2, -0.15) is 0 Å². The quantitative estimate of drug-likeness (QED) is 0.584. The van der Waals surface area contributed by atoms with Crippen LogP contribution < -0.4 is 25.6 Å². The Hall–Kier alpha value is -3.07. The van der Waals surface area contributed by atoms with Crippen LogP contribution in [-0.2, 0) is 11.3 Å². The lowest BCUT2D eigenvalue weighted by Crippen LogP contribution is -2.41. The predicted octanol–water partition coefficient (Wildman–Crippen LogP) is 2.26. The molecule has 0 bridgehead atoms. The molecule has 0 aliphatic rings. The molecule has 0 aliphatic heterocycles. The van der Waals surface area contributed by atoms with E-state index < -0.39 is 11.8 Å². The zero-order valence-electron chi connectivity index (χ0n) is 16.0. The van der Waals surface area contributed by atoms with Crippen molar-refractivity contribution < 1.29 is 23.9 Å². The lowest BCUT2D eigenvalue weighted by molar-refractivity contribution is -0.119. The van der Waals surface area contributed by atoms with Gasteiger partial charge in [0.2, 0.25) is 5.91 Å². The maximum atomic E-state index is 12.3. The van der Waals surface area contributed by atoms with Gasteiger partial charge in [0.25, 0.3) is 11.8 Å². The molecule has 1 aromatic heterocycles. The van der Waals surface area contributed by atoms with Gasteiger partial charge in [0.1, 0.15) is 0 Å². The number of methoxy groups -OCH3 is 1. The number of ether oxygens (including phenoxy) is 2. The molecular formula is C19H23N3O5S. The van der Waals surface area contributed by atoms with Crippen LogP contribution in [0, 0.1) is 0 Å². The molecule has 0 unspecified atom stereocenters. The molecular weight excluding hydrogens is 382 g/mol. The van der Waals surface area contributed by atoms with Gasteiger partial charge in [-0.15, -0.1) is 11.3 Å². The Bertz CT molecular complexity index is 850.